The average molecular weight is 370 g/mol. The SMILES string of the molecule is CNC(Cc1ccc(Br)s1)C1CCCC(C(F)(F)F)C1. The van der Waals surface area contributed by atoms with E-state index in [-0.39, 0.29) is 18.4 Å². The summed E-state index contributed by atoms with van der Waals surface area (Å²) in [5.74, 6) is -1.01. The van der Waals surface area contributed by atoms with Crippen LogP contribution in [-0.4, -0.2) is 19.3 Å². The van der Waals surface area contributed by atoms with Gasteiger partial charge in [0.25, 0.3) is 0 Å². The first kappa shape index (κ1) is 16.3. The van der Waals surface area contributed by atoms with E-state index in [1.54, 1.807) is 11.3 Å². The number of hydrogen-bond acceptors (Lipinski definition) is 2. The fourth-order valence-corrected chi connectivity index (χ4v) is 4.61. The lowest BCUT2D eigenvalue weighted by Gasteiger charge is -2.35. The Bertz CT molecular complexity index is 432. The van der Waals surface area contributed by atoms with Crippen molar-refractivity contribution in [2.75, 3.05) is 7.05 Å². The van der Waals surface area contributed by atoms with E-state index in [0.29, 0.717) is 12.8 Å². The van der Waals surface area contributed by atoms with Crippen LogP contribution in [0, 0.1) is 11.8 Å². The van der Waals surface area contributed by atoms with E-state index in [2.05, 4.69) is 21.2 Å². The average Bonchev–Trinajstić information content (AvgIpc) is 2.81. The molecule has 0 bridgehead atoms. The Balaban J connectivity index is 2.00. The zero-order valence-corrected chi connectivity index (χ0v) is 13.7. The van der Waals surface area contributed by atoms with Crippen LogP contribution in [0.5, 0.6) is 0 Å². The number of likely N-dealkylation sites (N-methyl/N-ethyl adjacent to an activating group) is 1. The summed E-state index contributed by atoms with van der Waals surface area (Å²) in [4.78, 5) is 1.21. The topological polar surface area (TPSA) is 12.0 Å². The fourth-order valence-electron chi connectivity index (χ4n) is 3.07. The van der Waals surface area contributed by atoms with Crippen LogP contribution >= 0.6 is 27.3 Å². The molecule has 1 aliphatic rings. The van der Waals surface area contributed by atoms with Crippen molar-refractivity contribution in [3.05, 3.63) is 20.8 Å². The molecular weight excluding hydrogens is 351 g/mol. The maximum Gasteiger partial charge on any atom is 0.391 e. The van der Waals surface area contributed by atoms with Crippen LogP contribution in [0.1, 0.15) is 30.6 Å². The monoisotopic (exact) mass is 369 g/mol. The Morgan fingerprint density at radius 1 is 1.40 bits per heavy atom. The molecule has 1 aliphatic carbocycles. The first-order valence-electron chi connectivity index (χ1n) is 6.88. The Morgan fingerprint density at radius 3 is 2.70 bits per heavy atom. The molecule has 1 fully saturated rings. The molecule has 6 heteroatoms. The van der Waals surface area contributed by atoms with Crippen molar-refractivity contribution in [1.82, 2.24) is 5.32 Å². The molecule has 114 valence electrons. The summed E-state index contributed by atoms with van der Waals surface area (Å²) in [7, 11) is 1.85. The van der Waals surface area contributed by atoms with E-state index in [4.69, 9.17) is 0 Å². The van der Waals surface area contributed by atoms with E-state index in [9.17, 15) is 13.2 Å². The maximum atomic E-state index is 12.9. The molecule has 0 amide bonds. The van der Waals surface area contributed by atoms with Gasteiger partial charge in [-0.05, 0) is 66.7 Å². The molecule has 0 spiro atoms. The largest absolute Gasteiger partial charge is 0.391 e. The van der Waals surface area contributed by atoms with Gasteiger partial charge in [-0.15, -0.1) is 11.3 Å². The summed E-state index contributed by atoms with van der Waals surface area (Å²) in [5, 5.41) is 3.23. The highest BCUT2D eigenvalue weighted by molar-refractivity contribution is 9.11. The van der Waals surface area contributed by atoms with Gasteiger partial charge in [0, 0.05) is 10.9 Å². The lowest BCUT2D eigenvalue weighted by Crippen LogP contribution is -2.40. The standard InChI is InChI=1S/C14H19BrF3NS/c1-19-12(8-11-5-6-13(15)20-11)9-3-2-4-10(7-9)14(16,17)18/h5-6,9-10,12,19H,2-4,7-8H2,1H3. The van der Waals surface area contributed by atoms with Gasteiger partial charge in [-0.3, -0.25) is 0 Å². The second-order valence-electron chi connectivity index (χ2n) is 5.47. The molecular formula is C14H19BrF3NS. The minimum Gasteiger partial charge on any atom is -0.316 e. The molecule has 0 aromatic carbocycles. The van der Waals surface area contributed by atoms with Crippen LogP contribution in [0.15, 0.2) is 15.9 Å². The molecule has 1 saturated carbocycles. The molecule has 1 N–H and O–H groups in total. The number of thiophene rings is 1. The molecule has 1 aromatic rings. The maximum absolute atomic E-state index is 12.9. The van der Waals surface area contributed by atoms with Crippen LogP contribution in [0.3, 0.4) is 0 Å². The summed E-state index contributed by atoms with van der Waals surface area (Å²) in [6.07, 6.45) is -1.10. The van der Waals surface area contributed by atoms with Crippen molar-refractivity contribution in [2.24, 2.45) is 11.8 Å². The second kappa shape index (κ2) is 6.79. The molecule has 0 radical (unpaired) electrons. The van der Waals surface area contributed by atoms with Crippen LogP contribution in [-0.2, 0) is 6.42 Å². The van der Waals surface area contributed by atoms with Gasteiger partial charge in [0.2, 0.25) is 0 Å². The summed E-state index contributed by atoms with van der Waals surface area (Å²) in [6, 6.07) is 4.17. The zero-order chi connectivity index (χ0) is 14.8. The Morgan fingerprint density at radius 2 is 2.15 bits per heavy atom. The van der Waals surface area contributed by atoms with Crippen molar-refractivity contribution in [3.8, 4) is 0 Å². The smallest absolute Gasteiger partial charge is 0.316 e. The number of nitrogens with one attached hydrogen (secondary N) is 1. The Kier molecular flexibility index (Phi) is 5.54. The molecule has 20 heavy (non-hydrogen) atoms. The van der Waals surface area contributed by atoms with Gasteiger partial charge < -0.3 is 5.32 Å². The third-order valence-corrected chi connectivity index (χ3v) is 5.81. The van der Waals surface area contributed by atoms with Gasteiger partial charge in [0.15, 0.2) is 0 Å². The van der Waals surface area contributed by atoms with Gasteiger partial charge in [0.05, 0.1) is 9.70 Å². The minimum absolute atomic E-state index is 0.112. The summed E-state index contributed by atoms with van der Waals surface area (Å²) in [5.41, 5.74) is 0. The van der Waals surface area contributed by atoms with Gasteiger partial charge >= 0.3 is 6.18 Å². The van der Waals surface area contributed by atoms with Crippen molar-refractivity contribution in [1.29, 1.82) is 0 Å². The highest BCUT2D eigenvalue weighted by atomic mass is 79.9. The zero-order valence-electron chi connectivity index (χ0n) is 11.3. The normalized spacial score (nSPS) is 25.6. The van der Waals surface area contributed by atoms with Gasteiger partial charge in [-0.2, -0.15) is 13.2 Å². The highest BCUT2D eigenvalue weighted by Gasteiger charge is 2.43. The number of rotatable bonds is 4. The third kappa shape index (κ3) is 4.21. The second-order valence-corrected chi connectivity index (χ2v) is 8.02. The van der Waals surface area contributed by atoms with Crippen molar-refractivity contribution < 1.29 is 13.2 Å². The number of alkyl halides is 3. The van der Waals surface area contributed by atoms with E-state index >= 15 is 0 Å². The molecule has 0 saturated heterocycles. The summed E-state index contributed by atoms with van der Waals surface area (Å²) < 4.78 is 39.7. The van der Waals surface area contributed by atoms with E-state index in [1.165, 1.54) is 4.88 Å². The van der Waals surface area contributed by atoms with Gasteiger partial charge in [-0.25, -0.2) is 0 Å². The van der Waals surface area contributed by atoms with Crippen LogP contribution in [0.4, 0.5) is 13.2 Å². The van der Waals surface area contributed by atoms with Crippen LogP contribution < -0.4 is 5.32 Å². The van der Waals surface area contributed by atoms with Crippen molar-refractivity contribution in [2.45, 2.75) is 44.3 Å². The molecule has 1 heterocycles. The van der Waals surface area contributed by atoms with Gasteiger partial charge in [-0.1, -0.05) is 6.42 Å². The summed E-state index contributed by atoms with van der Waals surface area (Å²) >= 11 is 5.08. The third-order valence-electron chi connectivity index (χ3n) is 4.17. The molecule has 2 rings (SSSR count). The first-order chi connectivity index (χ1) is 9.40. The lowest BCUT2D eigenvalue weighted by molar-refractivity contribution is -0.186. The number of halogens is 4. The highest BCUT2D eigenvalue weighted by Crippen LogP contribution is 2.41. The van der Waals surface area contributed by atoms with E-state index < -0.39 is 12.1 Å². The van der Waals surface area contributed by atoms with Crippen LogP contribution in [0.2, 0.25) is 0 Å². The van der Waals surface area contributed by atoms with E-state index in [0.717, 1.165) is 16.6 Å². The van der Waals surface area contributed by atoms with Crippen molar-refractivity contribution >= 4 is 27.3 Å². The predicted molar refractivity (Wildman–Crippen MR) is 80.1 cm³/mol. The molecule has 0 aliphatic heterocycles. The van der Waals surface area contributed by atoms with Crippen LogP contribution in [0.25, 0.3) is 0 Å². The van der Waals surface area contributed by atoms with Crippen molar-refractivity contribution in [3.63, 3.8) is 0 Å². The minimum atomic E-state index is -4.04. The quantitative estimate of drug-likeness (QED) is 0.786. The number of hydrogen-bond donors (Lipinski definition) is 1. The molecule has 1 aromatic heterocycles. The lowest BCUT2D eigenvalue weighted by atomic mass is 9.76. The fraction of sp³-hybridized carbons (Fsp3) is 0.714. The molecule has 3 unspecified atom stereocenters. The van der Waals surface area contributed by atoms with E-state index in [1.807, 2.05) is 19.2 Å². The molecule has 3 atom stereocenters. The Labute approximate surface area is 130 Å². The molecule has 1 nitrogen and oxygen atoms in total. The summed E-state index contributed by atoms with van der Waals surface area (Å²) in [6.45, 7) is 0. The van der Waals surface area contributed by atoms with Gasteiger partial charge in [0.1, 0.15) is 0 Å². The first-order valence-corrected chi connectivity index (χ1v) is 8.49. The predicted octanol–water partition coefficient (Wildman–Crippen LogP) is 5.01. The Hall–Kier alpha value is -0.0700.